The molecule has 1 N–H and O–H groups in total. The molecule has 1 aliphatic heterocycles. The molecule has 0 bridgehead atoms. The van der Waals surface area contributed by atoms with Crippen LogP contribution in [-0.2, 0) is 0 Å². The number of benzene rings is 1. The average molecular weight is 148 g/mol. The molecule has 3 nitrogen and oxygen atoms in total. The van der Waals surface area contributed by atoms with Crippen LogP contribution in [0.25, 0.3) is 0 Å². The third-order valence-corrected chi connectivity index (χ3v) is 1.51. The molecule has 0 fully saturated rings. The van der Waals surface area contributed by atoms with E-state index in [9.17, 15) is 4.79 Å². The topological polar surface area (TPSA) is 38.3 Å². The molecule has 0 aromatic heterocycles. The van der Waals surface area contributed by atoms with E-state index in [0.717, 1.165) is 0 Å². The minimum Gasteiger partial charge on any atom is -0.464 e. The van der Waals surface area contributed by atoms with Gasteiger partial charge in [-0.25, -0.2) is 0 Å². The molecular weight excluding hydrogens is 142 g/mol. The molecule has 2 rings (SSSR count). The van der Waals surface area contributed by atoms with Gasteiger partial charge in [-0.05, 0) is 12.1 Å². The van der Waals surface area contributed by atoms with Gasteiger partial charge in [0, 0.05) is 0 Å². The van der Waals surface area contributed by atoms with E-state index in [1.54, 1.807) is 18.2 Å². The first-order valence-electron chi connectivity index (χ1n) is 3.26. The Hall–Kier alpha value is -1.51. The van der Waals surface area contributed by atoms with Gasteiger partial charge in [0.15, 0.2) is 0 Å². The van der Waals surface area contributed by atoms with Crippen molar-refractivity contribution in [3.8, 4) is 5.75 Å². The van der Waals surface area contributed by atoms with E-state index < -0.39 is 0 Å². The van der Waals surface area contributed by atoms with Crippen LogP contribution in [0.5, 0.6) is 5.75 Å². The predicted octanol–water partition coefficient (Wildman–Crippen LogP) is 0.928. The number of nitrogens with one attached hydrogen (secondary N) is 1. The molecule has 1 heterocycles. The normalized spacial score (nSPS) is 14.7. The number of ether oxygens (including phenoxy) is 1. The third kappa shape index (κ3) is 0.941. The van der Waals surface area contributed by atoms with Crippen LogP contribution in [0.2, 0.25) is 0 Å². The highest BCUT2D eigenvalue weighted by Crippen LogP contribution is 2.20. The molecule has 0 spiro atoms. The highest BCUT2D eigenvalue weighted by atomic mass is 16.5. The molecular formula is C8H6NO2. The Labute approximate surface area is 64.0 Å². The zero-order chi connectivity index (χ0) is 7.68. The molecule has 1 aromatic rings. The second-order valence-electron chi connectivity index (χ2n) is 2.21. The maximum Gasteiger partial charge on any atom is 0.258 e. The van der Waals surface area contributed by atoms with Crippen LogP contribution in [0.4, 0.5) is 0 Å². The second kappa shape index (κ2) is 2.27. The first kappa shape index (κ1) is 6.22. The number of fused-ring (bicyclic) bond motifs is 1. The number of rotatable bonds is 0. The van der Waals surface area contributed by atoms with Crippen molar-refractivity contribution < 1.29 is 9.53 Å². The summed E-state index contributed by atoms with van der Waals surface area (Å²) >= 11 is 0. The molecule has 1 amide bonds. The first-order chi connectivity index (χ1) is 5.38. The number of carbonyl (C=O) groups is 1. The maximum atomic E-state index is 11.1. The van der Waals surface area contributed by atoms with Gasteiger partial charge >= 0.3 is 0 Å². The second-order valence-corrected chi connectivity index (χ2v) is 2.21. The van der Waals surface area contributed by atoms with Crippen LogP contribution >= 0.6 is 0 Å². The molecule has 1 aromatic carbocycles. The van der Waals surface area contributed by atoms with Crippen molar-refractivity contribution in [2.75, 3.05) is 0 Å². The molecule has 3 heteroatoms. The SMILES string of the molecule is O=C1N[CH]Oc2ccccc21. The minimum atomic E-state index is -0.119. The molecule has 0 saturated heterocycles. The Morgan fingerprint density at radius 3 is 2.91 bits per heavy atom. The Morgan fingerprint density at radius 1 is 1.27 bits per heavy atom. The van der Waals surface area contributed by atoms with Crippen molar-refractivity contribution in [1.82, 2.24) is 5.32 Å². The maximum absolute atomic E-state index is 11.1. The smallest absolute Gasteiger partial charge is 0.258 e. The van der Waals surface area contributed by atoms with Gasteiger partial charge in [0.05, 0.1) is 5.56 Å². The lowest BCUT2D eigenvalue weighted by molar-refractivity contribution is 0.0922. The number of hydrogen-bond acceptors (Lipinski definition) is 2. The standard InChI is InChI=1S/C8H6NO2/c10-8-6-3-1-2-4-7(6)11-5-9-8/h1-5H,(H,9,10). The average Bonchev–Trinajstić information content (AvgIpc) is 2.06. The van der Waals surface area contributed by atoms with Gasteiger partial charge in [0.25, 0.3) is 5.91 Å². The van der Waals surface area contributed by atoms with E-state index >= 15 is 0 Å². The summed E-state index contributed by atoms with van der Waals surface area (Å²) in [5.74, 6) is 0.489. The van der Waals surface area contributed by atoms with Crippen molar-refractivity contribution in [2.45, 2.75) is 0 Å². The molecule has 1 aliphatic rings. The van der Waals surface area contributed by atoms with E-state index in [1.807, 2.05) is 6.07 Å². The quantitative estimate of drug-likeness (QED) is 0.594. The van der Waals surface area contributed by atoms with E-state index in [2.05, 4.69) is 5.32 Å². The molecule has 0 aliphatic carbocycles. The summed E-state index contributed by atoms with van der Waals surface area (Å²) < 4.78 is 5.04. The van der Waals surface area contributed by atoms with E-state index in [4.69, 9.17) is 4.74 Å². The summed E-state index contributed by atoms with van der Waals surface area (Å²) in [4.78, 5) is 11.1. The largest absolute Gasteiger partial charge is 0.464 e. The van der Waals surface area contributed by atoms with E-state index in [1.165, 1.54) is 6.73 Å². The molecule has 55 valence electrons. The Bertz CT molecular complexity index is 296. The Morgan fingerprint density at radius 2 is 2.09 bits per heavy atom. The lowest BCUT2D eigenvalue weighted by Crippen LogP contribution is -2.28. The minimum absolute atomic E-state index is 0.119. The number of hydrogen-bond donors (Lipinski definition) is 1. The zero-order valence-corrected chi connectivity index (χ0v) is 5.70. The van der Waals surface area contributed by atoms with Gasteiger partial charge in [0.2, 0.25) is 6.73 Å². The fraction of sp³-hybridized carbons (Fsp3) is 0. The third-order valence-electron chi connectivity index (χ3n) is 1.51. The van der Waals surface area contributed by atoms with Gasteiger partial charge in [0.1, 0.15) is 5.75 Å². The first-order valence-corrected chi connectivity index (χ1v) is 3.26. The number of amides is 1. The lowest BCUT2D eigenvalue weighted by atomic mass is 10.2. The van der Waals surface area contributed by atoms with Crippen LogP contribution in [0.1, 0.15) is 10.4 Å². The molecule has 0 atom stereocenters. The summed E-state index contributed by atoms with van der Waals surface area (Å²) in [6.07, 6.45) is 0. The highest BCUT2D eigenvalue weighted by molar-refractivity contribution is 5.98. The van der Waals surface area contributed by atoms with Crippen molar-refractivity contribution in [3.63, 3.8) is 0 Å². The van der Waals surface area contributed by atoms with Crippen LogP contribution in [0.3, 0.4) is 0 Å². The van der Waals surface area contributed by atoms with Gasteiger partial charge < -0.3 is 10.1 Å². The van der Waals surface area contributed by atoms with Crippen molar-refractivity contribution in [1.29, 1.82) is 0 Å². The van der Waals surface area contributed by atoms with Crippen LogP contribution in [-0.4, -0.2) is 5.91 Å². The molecule has 0 unspecified atom stereocenters. The fourth-order valence-corrected chi connectivity index (χ4v) is 0.981. The molecule has 1 radical (unpaired) electrons. The van der Waals surface area contributed by atoms with Crippen LogP contribution in [0.15, 0.2) is 24.3 Å². The predicted molar refractivity (Wildman–Crippen MR) is 38.8 cm³/mol. The highest BCUT2D eigenvalue weighted by Gasteiger charge is 2.16. The fourth-order valence-electron chi connectivity index (χ4n) is 0.981. The zero-order valence-electron chi connectivity index (χ0n) is 5.70. The van der Waals surface area contributed by atoms with Gasteiger partial charge in [-0.3, -0.25) is 4.79 Å². The summed E-state index contributed by atoms with van der Waals surface area (Å²) in [7, 11) is 0. The van der Waals surface area contributed by atoms with Crippen molar-refractivity contribution >= 4 is 5.91 Å². The van der Waals surface area contributed by atoms with E-state index in [0.29, 0.717) is 11.3 Å². The summed E-state index contributed by atoms with van der Waals surface area (Å²) in [6.45, 7) is 1.28. The van der Waals surface area contributed by atoms with Crippen LogP contribution in [0, 0.1) is 6.73 Å². The summed E-state index contributed by atoms with van der Waals surface area (Å²) in [5.41, 5.74) is 0.579. The van der Waals surface area contributed by atoms with Gasteiger partial charge in [-0.1, -0.05) is 12.1 Å². The number of para-hydroxylation sites is 1. The Balaban J connectivity index is 2.52. The monoisotopic (exact) mass is 148 g/mol. The van der Waals surface area contributed by atoms with Gasteiger partial charge in [-0.2, -0.15) is 0 Å². The Kier molecular flexibility index (Phi) is 1.28. The van der Waals surface area contributed by atoms with Crippen LogP contribution < -0.4 is 10.1 Å². The van der Waals surface area contributed by atoms with Crippen molar-refractivity contribution in [3.05, 3.63) is 36.6 Å². The van der Waals surface area contributed by atoms with Crippen molar-refractivity contribution in [2.24, 2.45) is 0 Å². The lowest BCUT2D eigenvalue weighted by Gasteiger charge is -2.15. The molecule has 0 saturated carbocycles. The number of carbonyl (C=O) groups excluding carboxylic acids is 1. The van der Waals surface area contributed by atoms with Gasteiger partial charge in [-0.15, -0.1) is 0 Å². The van der Waals surface area contributed by atoms with E-state index in [-0.39, 0.29) is 5.91 Å². The summed E-state index contributed by atoms with van der Waals surface area (Å²) in [6, 6.07) is 7.10. The summed E-state index contributed by atoms with van der Waals surface area (Å²) in [5, 5.41) is 2.45. The molecule has 11 heavy (non-hydrogen) atoms.